The second-order valence-electron chi connectivity index (χ2n) is 2.94. The number of nitrogens with one attached hydrogen (secondary N) is 1. The summed E-state index contributed by atoms with van der Waals surface area (Å²) in [5, 5.41) is 3.46. The van der Waals surface area contributed by atoms with Gasteiger partial charge < -0.3 is 5.32 Å². The third kappa shape index (κ3) is 5.59. The molecule has 0 bridgehead atoms. The highest BCUT2D eigenvalue weighted by Gasteiger charge is 2.29. The van der Waals surface area contributed by atoms with E-state index in [0.29, 0.717) is 5.54 Å². The minimum atomic E-state index is 0.523. The highest BCUT2D eigenvalue weighted by atomic mass is 15.0. The van der Waals surface area contributed by atoms with Gasteiger partial charge in [0.15, 0.2) is 0 Å². The van der Waals surface area contributed by atoms with Gasteiger partial charge in [-0.2, -0.15) is 0 Å². The molecule has 0 aromatic rings. The first-order valence-electron chi connectivity index (χ1n) is 5.52. The summed E-state index contributed by atoms with van der Waals surface area (Å²) in [5.74, 6) is 0. The predicted octanol–water partition coefficient (Wildman–Crippen LogP) is 3.59. The van der Waals surface area contributed by atoms with E-state index >= 15 is 0 Å². The van der Waals surface area contributed by atoms with Gasteiger partial charge in [0.25, 0.3) is 0 Å². The number of hydrogen-bond donors (Lipinski definition) is 1. The van der Waals surface area contributed by atoms with Crippen LogP contribution in [0.5, 0.6) is 0 Å². The molecule has 1 saturated carbocycles. The Kier molecular flexibility index (Phi) is 10.9. The summed E-state index contributed by atoms with van der Waals surface area (Å²) in [6.07, 6.45) is 4.17. The fraction of sp³-hybridized carbons (Fsp3) is 1.00. The Balaban J connectivity index is 0. The molecule has 0 aromatic heterocycles. The lowest BCUT2D eigenvalue weighted by molar-refractivity contribution is 0.213. The average Bonchev–Trinajstić information content (AvgIpc) is 2.10. The molecular formula is C11H27N. The fourth-order valence-electron chi connectivity index (χ4n) is 1.31. The van der Waals surface area contributed by atoms with Crippen molar-refractivity contribution >= 4 is 0 Å². The number of rotatable bonds is 2. The van der Waals surface area contributed by atoms with Crippen LogP contribution >= 0.6 is 0 Å². The van der Waals surface area contributed by atoms with Gasteiger partial charge in [0.2, 0.25) is 0 Å². The molecule has 0 radical (unpaired) electrons. The van der Waals surface area contributed by atoms with E-state index in [1.165, 1.54) is 19.3 Å². The molecule has 12 heavy (non-hydrogen) atoms. The minimum absolute atomic E-state index is 0.523. The molecule has 1 nitrogen and oxygen atoms in total. The van der Waals surface area contributed by atoms with Gasteiger partial charge in [-0.05, 0) is 32.7 Å². The normalized spacial score (nSPS) is 17.5. The van der Waals surface area contributed by atoms with E-state index in [1.54, 1.807) is 0 Å². The van der Waals surface area contributed by atoms with Crippen LogP contribution in [-0.4, -0.2) is 12.1 Å². The largest absolute Gasteiger partial charge is 0.312 e. The summed E-state index contributed by atoms with van der Waals surface area (Å²) in [4.78, 5) is 0. The molecule has 1 aliphatic rings. The highest BCUT2D eigenvalue weighted by Crippen LogP contribution is 2.30. The molecule has 76 valence electrons. The molecule has 0 heterocycles. The van der Waals surface area contributed by atoms with E-state index in [0.717, 1.165) is 6.54 Å². The molecule has 0 spiro atoms. The molecule has 0 saturated heterocycles. The van der Waals surface area contributed by atoms with Crippen molar-refractivity contribution in [2.24, 2.45) is 0 Å². The van der Waals surface area contributed by atoms with Crippen LogP contribution in [0.3, 0.4) is 0 Å². The van der Waals surface area contributed by atoms with E-state index < -0.39 is 0 Å². The molecule has 1 N–H and O–H groups in total. The lowest BCUT2D eigenvalue weighted by atomic mass is 9.79. The van der Waals surface area contributed by atoms with Crippen molar-refractivity contribution in [1.29, 1.82) is 0 Å². The summed E-state index contributed by atoms with van der Waals surface area (Å²) in [7, 11) is 0. The molecule has 0 aromatic carbocycles. The minimum Gasteiger partial charge on any atom is -0.312 e. The summed E-state index contributed by atoms with van der Waals surface area (Å²) in [5.41, 5.74) is 0.523. The maximum Gasteiger partial charge on any atom is 0.0153 e. The van der Waals surface area contributed by atoms with Crippen LogP contribution in [0.15, 0.2) is 0 Å². The van der Waals surface area contributed by atoms with Crippen LogP contribution in [0.1, 0.15) is 60.8 Å². The van der Waals surface area contributed by atoms with Crippen LogP contribution in [0.25, 0.3) is 0 Å². The number of hydrogen-bond acceptors (Lipinski definition) is 1. The molecule has 1 rings (SSSR count). The van der Waals surface area contributed by atoms with Crippen LogP contribution < -0.4 is 5.32 Å². The molecular weight excluding hydrogens is 146 g/mol. The Morgan fingerprint density at radius 2 is 1.50 bits per heavy atom. The van der Waals surface area contributed by atoms with Crippen LogP contribution in [0.4, 0.5) is 0 Å². The zero-order chi connectivity index (χ0) is 10.0. The van der Waals surface area contributed by atoms with Gasteiger partial charge in [0, 0.05) is 5.54 Å². The third-order valence-corrected chi connectivity index (χ3v) is 2.06. The molecule has 1 heteroatoms. The van der Waals surface area contributed by atoms with Gasteiger partial charge in [-0.25, -0.2) is 0 Å². The van der Waals surface area contributed by atoms with Gasteiger partial charge in [0.05, 0.1) is 0 Å². The van der Waals surface area contributed by atoms with Gasteiger partial charge in [0.1, 0.15) is 0 Å². The Hall–Kier alpha value is -0.0400. The summed E-state index contributed by atoms with van der Waals surface area (Å²) in [6, 6.07) is 0. The third-order valence-electron chi connectivity index (χ3n) is 2.06. The molecule has 0 amide bonds. The van der Waals surface area contributed by atoms with Gasteiger partial charge >= 0.3 is 0 Å². The lowest BCUT2D eigenvalue weighted by Gasteiger charge is -2.39. The Morgan fingerprint density at radius 3 is 1.58 bits per heavy atom. The maximum absolute atomic E-state index is 3.46. The molecule has 0 atom stereocenters. The van der Waals surface area contributed by atoms with Gasteiger partial charge in [-0.3, -0.25) is 0 Å². The standard InChI is InChI=1S/C7H15N.2C2H6/c1-3-8-7(2)5-4-6-7;2*1-2/h8H,3-6H2,1-2H3;2*1-2H3. The Labute approximate surface area is 78.9 Å². The van der Waals surface area contributed by atoms with E-state index in [1.807, 2.05) is 27.7 Å². The van der Waals surface area contributed by atoms with Crippen molar-refractivity contribution in [2.75, 3.05) is 6.54 Å². The monoisotopic (exact) mass is 173 g/mol. The quantitative estimate of drug-likeness (QED) is 0.673. The predicted molar refractivity (Wildman–Crippen MR) is 58.6 cm³/mol. The Bertz CT molecular complexity index is 75.1. The van der Waals surface area contributed by atoms with E-state index in [-0.39, 0.29) is 0 Å². The van der Waals surface area contributed by atoms with Crippen molar-refractivity contribution in [2.45, 2.75) is 66.3 Å². The second kappa shape index (κ2) is 9.05. The Morgan fingerprint density at radius 1 is 1.08 bits per heavy atom. The van der Waals surface area contributed by atoms with Gasteiger partial charge in [-0.1, -0.05) is 34.6 Å². The molecule has 1 aliphatic carbocycles. The van der Waals surface area contributed by atoms with E-state index in [4.69, 9.17) is 0 Å². The van der Waals surface area contributed by atoms with Crippen molar-refractivity contribution < 1.29 is 0 Å². The zero-order valence-electron chi connectivity index (χ0n) is 9.83. The van der Waals surface area contributed by atoms with Crippen LogP contribution in [0, 0.1) is 0 Å². The SMILES string of the molecule is CC.CC.CCNC1(C)CCC1. The first-order chi connectivity index (χ1) is 5.77. The molecule has 0 aliphatic heterocycles. The van der Waals surface area contributed by atoms with Gasteiger partial charge in [-0.15, -0.1) is 0 Å². The van der Waals surface area contributed by atoms with Crippen LogP contribution in [0.2, 0.25) is 0 Å². The van der Waals surface area contributed by atoms with Crippen molar-refractivity contribution in [3.63, 3.8) is 0 Å². The van der Waals surface area contributed by atoms with Crippen LogP contribution in [-0.2, 0) is 0 Å². The fourth-order valence-corrected chi connectivity index (χ4v) is 1.31. The van der Waals surface area contributed by atoms with Crippen molar-refractivity contribution in [3.8, 4) is 0 Å². The lowest BCUT2D eigenvalue weighted by Crippen LogP contribution is -2.47. The average molecular weight is 173 g/mol. The molecule has 1 fully saturated rings. The first-order valence-corrected chi connectivity index (χ1v) is 5.52. The summed E-state index contributed by atoms with van der Waals surface area (Å²) < 4.78 is 0. The smallest absolute Gasteiger partial charge is 0.0153 e. The maximum atomic E-state index is 3.46. The zero-order valence-corrected chi connectivity index (χ0v) is 9.83. The van der Waals surface area contributed by atoms with E-state index in [2.05, 4.69) is 19.2 Å². The summed E-state index contributed by atoms with van der Waals surface area (Å²) in [6.45, 7) is 13.6. The van der Waals surface area contributed by atoms with Crippen molar-refractivity contribution in [3.05, 3.63) is 0 Å². The highest BCUT2D eigenvalue weighted by molar-refractivity contribution is 4.90. The van der Waals surface area contributed by atoms with E-state index in [9.17, 15) is 0 Å². The first kappa shape index (κ1) is 14.5. The second-order valence-corrected chi connectivity index (χ2v) is 2.94. The topological polar surface area (TPSA) is 12.0 Å². The summed E-state index contributed by atoms with van der Waals surface area (Å²) >= 11 is 0. The molecule has 0 unspecified atom stereocenters. The van der Waals surface area contributed by atoms with Crippen molar-refractivity contribution in [1.82, 2.24) is 5.32 Å².